The summed E-state index contributed by atoms with van der Waals surface area (Å²) in [6.07, 6.45) is 15.1. The van der Waals surface area contributed by atoms with E-state index in [1.54, 1.807) is 18.7 Å². The van der Waals surface area contributed by atoms with Crippen LogP contribution in [0, 0.1) is 12.8 Å². The van der Waals surface area contributed by atoms with Crippen molar-refractivity contribution in [3.63, 3.8) is 0 Å². The first-order valence-corrected chi connectivity index (χ1v) is 14.3. The Morgan fingerprint density at radius 3 is 2.38 bits per heavy atom. The molecule has 2 saturated heterocycles. The van der Waals surface area contributed by atoms with Crippen molar-refractivity contribution in [3.8, 4) is 12.8 Å². The zero-order valence-corrected chi connectivity index (χ0v) is 23.6. The molecule has 0 bridgehead atoms. The first-order chi connectivity index (χ1) is 19.7. The van der Waals surface area contributed by atoms with Crippen molar-refractivity contribution in [2.75, 3.05) is 80.0 Å². The highest BCUT2D eigenvalue weighted by Crippen LogP contribution is 2.39. The van der Waals surface area contributed by atoms with Crippen LogP contribution in [0.3, 0.4) is 0 Å². The molecule has 40 heavy (non-hydrogen) atoms. The van der Waals surface area contributed by atoms with E-state index in [4.69, 9.17) is 19.7 Å². The Morgan fingerprint density at radius 2 is 1.77 bits per heavy atom. The average molecular weight is 568 g/mol. The lowest BCUT2D eigenvalue weighted by molar-refractivity contribution is -0.105. The second-order valence-corrected chi connectivity index (χ2v) is 10.4. The smallest absolute Gasteiger partial charge is 0.235 e. The minimum atomic E-state index is 0.567. The van der Waals surface area contributed by atoms with E-state index >= 15 is 0 Å². The molecule has 3 fully saturated rings. The van der Waals surface area contributed by atoms with Crippen molar-refractivity contribution in [2.45, 2.75) is 31.6 Å². The number of hydrogen-bond donors (Lipinski definition) is 3. The fourth-order valence-corrected chi connectivity index (χ4v) is 4.95. The van der Waals surface area contributed by atoms with Gasteiger partial charge in [-0.2, -0.15) is 20.1 Å². The van der Waals surface area contributed by atoms with Crippen molar-refractivity contribution in [1.82, 2.24) is 35.0 Å². The molecular weight excluding hydrogens is 530 g/mol. The molecular formula is C26H37N11O2S. The minimum Gasteiger partial charge on any atom is -0.383 e. The van der Waals surface area contributed by atoms with Crippen LogP contribution >= 0.6 is 11.3 Å². The van der Waals surface area contributed by atoms with E-state index in [0.29, 0.717) is 23.4 Å². The number of thiazole rings is 1. The van der Waals surface area contributed by atoms with Crippen LogP contribution in [0.15, 0.2) is 17.6 Å². The second-order valence-electron chi connectivity index (χ2n) is 9.48. The lowest BCUT2D eigenvalue weighted by Gasteiger charge is -2.34. The normalized spacial score (nSPS) is 16.9. The molecule has 5 heterocycles. The number of anilines is 5. The maximum Gasteiger partial charge on any atom is 0.235 e. The largest absolute Gasteiger partial charge is 0.383 e. The molecule has 3 aromatic heterocycles. The Hall–Kier alpha value is -3.80. The van der Waals surface area contributed by atoms with Gasteiger partial charge >= 0.3 is 0 Å². The van der Waals surface area contributed by atoms with E-state index in [0.717, 1.165) is 70.1 Å². The van der Waals surface area contributed by atoms with Gasteiger partial charge in [-0.05, 0) is 25.7 Å². The zero-order chi connectivity index (χ0) is 28.2. The summed E-state index contributed by atoms with van der Waals surface area (Å²) < 4.78 is 5.21. The summed E-state index contributed by atoms with van der Waals surface area (Å²) in [5.74, 6) is 3.48. The van der Waals surface area contributed by atoms with Crippen LogP contribution in [0.1, 0.15) is 37.3 Å². The van der Waals surface area contributed by atoms with Crippen LogP contribution < -0.4 is 20.4 Å². The van der Waals surface area contributed by atoms with Gasteiger partial charge in [-0.3, -0.25) is 14.8 Å². The average Bonchev–Trinajstić information content (AvgIpc) is 3.36. The standard InChI is InChI=1S/C20H31N9O.C4H4N2OS.C2H2/c1-30-13-12-27-8-10-29(11-9-27)20-23-18(22-19(24-20)28-6-2-3-7-28)21-17-14-16(25-26-17)15-4-5-15;7-3-6-4-5-1-2-8-4;1-2/h14-15H,2-13H2,1H3,(H2,21,22,23,24,25,26);1-3H,(H,5,6,7);1-2H. The van der Waals surface area contributed by atoms with E-state index in [1.807, 2.05) is 0 Å². The maximum atomic E-state index is 9.73. The van der Waals surface area contributed by atoms with Gasteiger partial charge in [-0.15, -0.1) is 24.2 Å². The van der Waals surface area contributed by atoms with Gasteiger partial charge in [0, 0.05) is 82.2 Å². The second kappa shape index (κ2) is 15.1. The Morgan fingerprint density at radius 1 is 1.07 bits per heavy atom. The number of methoxy groups -OCH3 is 1. The number of piperazine rings is 1. The molecule has 1 amide bonds. The van der Waals surface area contributed by atoms with Crippen molar-refractivity contribution < 1.29 is 9.53 Å². The van der Waals surface area contributed by atoms with E-state index in [2.05, 4.69) is 59.4 Å². The van der Waals surface area contributed by atoms with Crippen LogP contribution in [0.2, 0.25) is 0 Å². The third kappa shape index (κ3) is 8.35. The molecule has 6 rings (SSSR count). The number of carbonyl (C=O) groups excluding carboxylic acids is 1. The molecule has 0 atom stereocenters. The van der Waals surface area contributed by atoms with Gasteiger partial charge in [0.25, 0.3) is 0 Å². The summed E-state index contributed by atoms with van der Waals surface area (Å²) in [4.78, 5) is 34.7. The molecule has 214 valence electrons. The molecule has 0 radical (unpaired) electrons. The minimum absolute atomic E-state index is 0.567. The molecule has 0 spiro atoms. The summed E-state index contributed by atoms with van der Waals surface area (Å²) in [6, 6.07) is 2.07. The van der Waals surface area contributed by atoms with Crippen molar-refractivity contribution in [1.29, 1.82) is 0 Å². The summed E-state index contributed by atoms with van der Waals surface area (Å²) in [7, 11) is 1.75. The molecule has 0 unspecified atom stereocenters. The van der Waals surface area contributed by atoms with E-state index in [9.17, 15) is 4.79 Å². The quantitative estimate of drug-likeness (QED) is 0.246. The summed E-state index contributed by atoms with van der Waals surface area (Å²) >= 11 is 1.39. The number of amides is 1. The van der Waals surface area contributed by atoms with Gasteiger partial charge in [-0.25, -0.2) is 4.98 Å². The highest BCUT2D eigenvalue weighted by Gasteiger charge is 2.26. The number of hydrogen-bond acceptors (Lipinski definition) is 12. The lowest BCUT2D eigenvalue weighted by atomic mass is 10.3. The third-order valence-electron chi connectivity index (χ3n) is 6.74. The number of rotatable bonds is 10. The summed E-state index contributed by atoms with van der Waals surface area (Å²) in [6.45, 7) is 7.52. The SMILES string of the molecule is C#C.COCCN1CCN(c2nc(Nc3cc(C4CC4)[nH]n3)nc(N3CCCC3)n2)CC1.O=CNc1nccs1. The molecule has 3 aliphatic rings. The van der Waals surface area contributed by atoms with Crippen LogP contribution in [0.25, 0.3) is 0 Å². The molecule has 14 heteroatoms. The van der Waals surface area contributed by atoms with Crippen molar-refractivity contribution in [3.05, 3.63) is 23.3 Å². The van der Waals surface area contributed by atoms with Crippen molar-refractivity contribution >= 4 is 46.5 Å². The number of carbonyl (C=O) groups is 1. The molecule has 3 aromatic rings. The van der Waals surface area contributed by atoms with Crippen LogP contribution in [0.5, 0.6) is 0 Å². The fraction of sp³-hybridized carbons (Fsp3) is 0.538. The maximum absolute atomic E-state index is 9.73. The number of terminal acetylenes is 1. The molecule has 0 aromatic carbocycles. The Balaban J connectivity index is 0.000000316. The molecule has 1 saturated carbocycles. The number of H-pyrrole nitrogens is 1. The molecule has 3 N–H and O–H groups in total. The summed E-state index contributed by atoms with van der Waals surface area (Å²) in [5, 5.41) is 15.7. The first-order valence-electron chi connectivity index (χ1n) is 13.4. The monoisotopic (exact) mass is 567 g/mol. The first kappa shape index (κ1) is 29.2. The van der Waals surface area contributed by atoms with Gasteiger partial charge < -0.3 is 25.2 Å². The molecule has 13 nitrogen and oxygen atoms in total. The van der Waals surface area contributed by atoms with Crippen LogP contribution in [-0.4, -0.2) is 101 Å². The zero-order valence-electron chi connectivity index (χ0n) is 22.8. The van der Waals surface area contributed by atoms with Gasteiger partial charge in [0.2, 0.25) is 24.3 Å². The Kier molecular flexibility index (Phi) is 11.0. The topological polar surface area (TPSA) is 140 Å². The van der Waals surface area contributed by atoms with E-state index in [1.165, 1.54) is 42.7 Å². The highest BCUT2D eigenvalue weighted by molar-refractivity contribution is 7.13. The molecule has 2 aliphatic heterocycles. The highest BCUT2D eigenvalue weighted by atomic mass is 32.1. The predicted molar refractivity (Wildman–Crippen MR) is 157 cm³/mol. The Bertz CT molecular complexity index is 1180. The number of ether oxygens (including phenoxy) is 1. The van der Waals surface area contributed by atoms with E-state index < -0.39 is 0 Å². The number of nitrogens with one attached hydrogen (secondary N) is 3. The fourth-order valence-electron chi connectivity index (χ4n) is 4.47. The predicted octanol–water partition coefficient (Wildman–Crippen LogP) is 2.55. The number of nitrogens with zero attached hydrogens (tertiary/aromatic N) is 8. The third-order valence-corrected chi connectivity index (χ3v) is 7.44. The van der Waals surface area contributed by atoms with Crippen LogP contribution in [-0.2, 0) is 9.53 Å². The van der Waals surface area contributed by atoms with E-state index in [-0.39, 0.29) is 0 Å². The Labute approximate surface area is 238 Å². The number of aromatic amines is 1. The van der Waals surface area contributed by atoms with Crippen molar-refractivity contribution in [2.24, 2.45) is 0 Å². The van der Waals surface area contributed by atoms with Gasteiger partial charge in [-0.1, -0.05) is 0 Å². The summed E-state index contributed by atoms with van der Waals surface area (Å²) in [5.41, 5.74) is 1.19. The van der Waals surface area contributed by atoms with Gasteiger partial charge in [0.15, 0.2) is 10.9 Å². The van der Waals surface area contributed by atoms with Gasteiger partial charge in [0.1, 0.15) is 0 Å². The number of aromatic nitrogens is 6. The molecule has 1 aliphatic carbocycles. The van der Waals surface area contributed by atoms with Crippen LogP contribution in [0.4, 0.5) is 28.8 Å². The lowest BCUT2D eigenvalue weighted by Crippen LogP contribution is -2.48. The van der Waals surface area contributed by atoms with Gasteiger partial charge in [0.05, 0.1) is 6.61 Å².